The Balaban J connectivity index is 1.20. The van der Waals surface area contributed by atoms with E-state index in [1.54, 1.807) is 0 Å². The largest absolute Gasteiger partial charge is 0.435 e. The maximum absolute atomic E-state index is 9.97. The number of benzene rings is 3. The van der Waals surface area contributed by atoms with Crippen molar-refractivity contribution in [3.05, 3.63) is 94.4 Å². The molecule has 1 aliphatic heterocycles. The van der Waals surface area contributed by atoms with Gasteiger partial charge in [0.05, 0.1) is 17.7 Å². The number of aliphatic hydroxyl groups excluding tert-OH is 1. The van der Waals surface area contributed by atoms with Gasteiger partial charge in [-0.1, -0.05) is 24.3 Å². The van der Waals surface area contributed by atoms with E-state index in [0.717, 1.165) is 69.8 Å². The zero-order valence-corrected chi connectivity index (χ0v) is 28.3. The van der Waals surface area contributed by atoms with Gasteiger partial charge in [-0.3, -0.25) is 9.88 Å². The Morgan fingerprint density at radius 2 is 1.65 bits per heavy atom. The molecule has 1 fully saturated rings. The van der Waals surface area contributed by atoms with Gasteiger partial charge in [0.15, 0.2) is 11.4 Å². The number of aryl methyl sites for hydroxylation is 1. The summed E-state index contributed by atoms with van der Waals surface area (Å²) in [6.45, 7) is 11.6. The molecule has 4 heterocycles. The number of aliphatic hydroxyl groups is 1. The van der Waals surface area contributed by atoms with Gasteiger partial charge in [0.2, 0.25) is 5.89 Å². The molecule has 0 spiro atoms. The molecule has 3 aromatic heterocycles. The number of hydrogen-bond acceptors (Lipinski definition) is 10. The third-order valence-corrected chi connectivity index (χ3v) is 9.35. The van der Waals surface area contributed by atoms with Crippen molar-refractivity contribution in [2.75, 3.05) is 25.0 Å². The van der Waals surface area contributed by atoms with Crippen LogP contribution in [0.5, 0.6) is 0 Å². The van der Waals surface area contributed by atoms with Crippen molar-refractivity contribution in [2.45, 2.75) is 59.7 Å². The molecule has 6 aromatic rings. The minimum atomic E-state index is -0.0104. The fourth-order valence-electron chi connectivity index (χ4n) is 6.65. The van der Waals surface area contributed by atoms with Gasteiger partial charge in [-0.05, 0) is 117 Å². The van der Waals surface area contributed by atoms with Crippen LogP contribution in [-0.4, -0.2) is 55.7 Å². The number of hydrogen-bond donors (Lipinski definition) is 3. The van der Waals surface area contributed by atoms with E-state index in [1.807, 2.05) is 56.4 Å². The van der Waals surface area contributed by atoms with Crippen LogP contribution >= 0.6 is 0 Å². The normalized spacial score (nSPS) is 14.0. The van der Waals surface area contributed by atoms with Crippen LogP contribution in [0.1, 0.15) is 53.4 Å². The van der Waals surface area contributed by atoms with Crippen LogP contribution in [0.15, 0.2) is 65.2 Å². The second-order valence-electron chi connectivity index (χ2n) is 13.0. The molecule has 0 radical (unpaired) electrons. The second kappa shape index (κ2) is 13.7. The summed E-state index contributed by atoms with van der Waals surface area (Å²) < 4.78 is 6.30. The lowest BCUT2D eigenvalue weighted by Crippen LogP contribution is -2.28. The molecule has 3 N–H and O–H groups in total. The molecule has 1 atom stereocenters. The predicted octanol–water partition coefficient (Wildman–Crippen LogP) is 7.11. The first-order valence-corrected chi connectivity index (χ1v) is 16.8. The van der Waals surface area contributed by atoms with Crippen molar-refractivity contribution in [3.63, 3.8) is 0 Å². The van der Waals surface area contributed by atoms with Gasteiger partial charge in [-0.2, -0.15) is 5.26 Å². The van der Waals surface area contributed by atoms with Gasteiger partial charge in [-0.15, -0.1) is 0 Å². The molecule has 3 aromatic carbocycles. The molecule has 7 rings (SSSR count). The Morgan fingerprint density at radius 1 is 0.918 bits per heavy atom. The van der Waals surface area contributed by atoms with Gasteiger partial charge < -0.3 is 20.2 Å². The summed E-state index contributed by atoms with van der Waals surface area (Å²) in [5, 5.41) is 26.2. The number of anilines is 2. The quantitative estimate of drug-likeness (QED) is 0.140. The summed E-state index contributed by atoms with van der Waals surface area (Å²) in [6.07, 6.45) is 4.26. The molecule has 10 heteroatoms. The Hall–Kier alpha value is -5.21. The number of pyridine rings is 1. The van der Waals surface area contributed by atoms with Crippen molar-refractivity contribution in [3.8, 4) is 28.7 Å². The number of nitrogens with one attached hydrogen (secondary N) is 2. The molecule has 0 amide bonds. The van der Waals surface area contributed by atoms with Gasteiger partial charge in [-0.25, -0.2) is 15.0 Å². The SMILES string of the molecule is Cc1nc(Nc2cccc(-c3cccc(-c4nc5cc(CN6CCCC6)cc(C#N)c5o4)c3C)c2C)c2ncc(CN[C@@H](C)CO)cc2n1. The average Bonchev–Trinajstić information content (AvgIpc) is 3.78. The molecule has 49 heavy (non-hydrogen) atoms. The summed E-state index contributed by atoms with van der Waals surface area (Å²) >= 11 is 0. The Bertz CT molecular complexity index is 2210. The molecule has 0 saturated carbocycles. The van der Waals surface area contributed by atoms with Crippen molar-refractivity contribution in [1.82, 2.24) is 30.2 Å². The topological polar surface area (TPSA) is 136 Å². The molecule has 0 unspecified atom stereocenters. The second-order valence-corrected chi connectivity index (χ2v) is 13.0. The number of likely N-dealkylation sites (tertiary alicyclic amines) is 1. The Kier molecular flexibility index (Phi) is 9.06. The minimum absolute atomic E-state index is 0.0104. The fourth-order valence-corrected chi connectivity index (χ4v) is 6.65. The van der Waals surface area contributed by atoms with Crippen LogP contribution in [0.25, 0.3) is 44.7 Å². The van der Waals surface area contributed by atoms with Crippen LogP contribution in [0, 0.1) is 32.1 Å². The Morgan fingerprint density at radius 3 is 2.43 bits per heavy atom. The zero-order chi connectivity index (χ0) is 34.1. The maximum atomic E-state index is 9.97. The number of rotatable bonds is 10. The highest BCUT2D eigenvalue weighted by Crippen LogP contribution is 2.37. The number of aromatic nitrogens is 4. The maximum Gasteiger partial charge on any atom is 0.227 e. The monoisotopic (exact) mass is 652 g/mol. The van der Waals surface area contributed by atoms with Crippen LogP contribution in [0.3, 0.4) is 0 Å². The summed E-state index contributed by atoms with van der Waals surface area (Å²) in [7, 11) is 0. The first kappa shape index (κ1) is 32.3. The van der Waals surface area contributed by atoms with Crippen LogP contribution in [0.2, 0.25) is 0 Å². The third-order valence-electron chi connectivity index (χ3n) is 9.35. The molecule has 0 aliphatic carbocycles. The van der Waals surface area contributed by atoms with E-state index in [9.17, 15) is 10.4 Å². The first-order valence-electron chi connectivity index (χ1n) is 16.8. The molecular formula is C39H40N8O2. The number of nitriles is 1. The van der Waals surface area contributed by atoms with Crippen molar-refractivity contribution >= 4 is 33.6 Å². The van der Waals surface area contributed by atoms with E-state index in [4.69, 9.17) is 19.4 Å². The fraction of sp³-hybridized carbons (Fsp3) is 0.308. The lowest BCUT2D eigenvalue weighted by atomic mass is 9.93. The molecule has 0 bridgehead atoms. The zero-order valence-electron chi connectivity index (χ0n) is 28.3. The highest BCUT2D eigenvalue weighted by atomic mass is 16.3. The summed E-state index contributed by atoms with van der Waals surface area (Å²) in [5.41, 5.74) is 11.3. The van der Waals surface area contributed by atoms with E-state index >= 15 is 0 Å². The van der Waals surface area contributed by atoms with Gasteiger partial charge in [0, 0.05) is 36.6 Å². The molecule has 1 aliphatic rings. The van der Waals surface area contributed by atoms with Crippen LogP contribution in [0.4, 0.5) is 11.5 Å². The van der Waals surface area contributed by atoms with Crippen molar-refractivity contribution in [2.24, 2.45) is 0 Å². The summed E-state index contributed by atoms with van der Waals surface area (Å²) in [4.78, 5) is 21.4. The van der Waals surface area contributed by atoms with Crippen LogP contribution < -0.4 is 10.6 Å². The molecule has 1 saturated heterocycles. The highest BCUT2D eigenvalue weighted by molar-refractivity contribution is 5.89. The van der Waals surface area contributed by atoms with E-state index in [2.05, 4.69) is 58.6 Å². The third kappa shape index (κ3) is 6.61. The van der Waals surface area contributed by atoms with Gasteiger partial charge in [0.1, 0.15) is 22.9 Å². The Labute approximate surface area is 285 Å². The lowest BCUT2D eigenvalue weighted by Gasteiger charge is -2.17. The van der Waals surface area contributed by atoms with E-state index < -0.39 is 0 Å². The summed E-state index contributed by atoms with van der Waals surface area (Å²) in [6, 6.07) is 20.7. The standard InChI is InChI=1S/C39H40N8O2/c1-23(22-48)41-19-28-17-34-36(42-20-28)38(44-26(4)43-34)45-33-12-8-10-31(25(33)3)30-9-7-11-32(24(30)2)39-46-35-16-27(21-47-13-5-6-14-47)15-29(18-40)37(35)49-39/h7-12,15-17,20,23,41,48H,5-6,13-14,19,21-22H2,1-4H3,(H,43,44,45)/t23-/m0/s1. The van der Waals surface area contributed by atoms with Gasteiger partial charge in [0.25, 0.3) is 0 Å². The van der Waals surface area contributed by atoms with Gasteiger partial charge >= 0.3 is 0 Å². The van der Waals surface area contributed by atoms with Crippen molar-refractivity contribution in [1.29, 1.82) is 5.26 Å². The summed E-state index contributed by atoms with van der Waals surface area (Å²) in [5.74, 6) is 1.79. The van der Waals surface area contributed by atoms with E-state index in [-0.39, 0.29) is 12.6 Å². The first-order chi connectivity index (χ1) is 23.8. The lowest BCUT2D eigenvalue weighted by molar-refractivity contribution is 0.251. The number of oxazole rings is 1. The number of fused-ring (bicyclic) bond motifs is 2. The van der Waals surface area contributed by atoms with E-state index in [1.165, 1.54) is 12.8 Å². The highest BCUT2D eigenvalue weighted by Gasteiger charge is 2.20. The van der Waals surface area contributed by atoms with E-state index in [0.29, 0.717) is 46.3 Å². The van der Waals surface area contributed by atoms with Crippen molar-refractivity contribution < 1.29 is 9.52 Å². The number of nitrogens with zero attached hydrogens (tertiary/aromatic N) is 6. The molecule has 248 valence electrons. The predicted molar refractivity (Wildman–Crippen MR) is 192 cm³/mol. The molecular weight excluding hydrogens is 612 g/mol. The van der Waals surface area contributed by atoms with Crippen LogP contribution in [-0.2, 0) is 13.1 Å². The average molecular weight is 653 g/mol. The smallest absolute Gasteiger partial charge is 0.227 e. The molecule has 10 nitrogen and oxygen atoms in total. The minimum Gasteiger partial charge on any atom is -0.435 e.